The molecule has 11 heteroatoms. The molecule has 7 nitrogen and oxygen atoms in total. The predicted molar refractivity (Wildman–Crippen MR) is 90.8 cm³/mol. The molecule has 29 heavy (non-hydrogen) atoms. The highest BCUT2D eigenvalue weighted by Gasteiger charge is 2.24. The Morgan fingerprint density at radius 1 is 1.00 bits per heavy atom. The average Bonchev–Trinajstić information content (AvgIpc) is 2.66. The normalized spacial score (nSPS) is 11.7. The van der Waals surface area contributed by atoms with Gasteiger partial charge >= 0.3 is 11.9 Å². The molecule has 1 rings (SSSR count). The summed E-state index contributed by atoms with van der Waals surface area (Å²) in [5.41, 5.74) is 0. The molecule has 1 amide bonds. The molecule has 1 aromatic rings. The number of hydrogen-bond acceptors (Lipinski definition) is 6. The fourth-order valence-corrected chi connectivity index (χ4v) is 2.12. The van der Waals surface area contributed by atoms with Crippen LogP contribution in [0.15, 0.2) is 6.07 Å². The zero-order chi connectivity index (χ0) is 22.0. The van der Waals surface area contributed by atoms with Gasteiger partial charge in [0.1, 0.15) is 6.10 Å². The molecule has 0 heterocycles. The Morgan fingerprint density at radius 3 is 2.14 bits per heavy atom. The minimum atomic E-state index is -1.87. The summed E-state index contributed by atoms with van der Waals surface area (Å²) >= 11 is 0. The molecular formula is C18H21F4NO6. The predicted octanol–water partition coefficient (Wildman–Crippen LogP) is 2.40. The highest BCUT2D eigenvalue weighted by atomic mass is 19.2. The van der Waals surface area contributed by atoms with Crippen molar-refractivity contribution in [2.24, 2.45) is 0 Å². The second-order valence-electron chi connectivity index (χ2n) is 5.89. The summed E-state index contributed by atoms with van der Waals surface area (Å²) in [5, 5.41) is 2.55. The minimum absolute atomic E-state index is 0.0121. The van der Waals surface area contributed by atoms with Crippen LogP contribution in [0.3, 0.4) is 0 Å². The molecule has 1 aromatic carbocycles. The van der Waals surface area contributed by atoms with Gasteiger partial charge in [-0.25, -0.2) is 8.78 Å². The number of carbonyl (C=O) groups excluding carboxylic acids is 3. The van der Waals surface area contributed by atoms with E-state index in [0.717, 1.165) is 0 Å². The largest absolute Gasteiger partial charge is 0.458 e. The Hall–Kier alpha value is -2.69. The van der Waals surface area contributed by atoms with Crippen LogP contribution in [-0.4, -0.2) is 44.2 Å². The van der Waals surface area contributed by atoms with Crippen LogP contribution < -0.4 is 10.1 Å². The van der Waals surface area contributed by atoms with E-state index in [1.165, 1.54) is 7.11 Å². The van der Waals surface area contributed by atoms with Crippen molar-refractivity contribution in [2.45, 2.75) is 38.7 Å². The second kappa shape index (κ2) is 12.0. The van der Waals surface area contributed by atoms with Crippen molar-refractivity contribution in [3.8, 4) is 5.75 Å². The van der Waals surface area contributed by atoms with Crippen molar-refractivity contribution in [1.29, 1.82) is 0 Å². The van der Waals surface area contributed by atoms with Gasteiger partial charge in [-0.3, -0.25) is 14.4 Å². The van der Waals surface area contributed by atoms with Gasteiger partial charge in [0.15, 0.2) is 11.6 Å². The van der Waals surface area contributed by atoms with Gasteiger partial charge in [0, 0.05) is 19.6 Å². The van der Waals surface area contributed by atoms with Crippen molar-refractivity contribution < 1.29 is 46.2 Å². The van der Waals surface area contributed by atoms with E-state index >= 15 is 0 Å². The minimum Gasteiger partial charge on any atom is -0.458 e. The van der Waals surface area contributed by atoms with E-state index < -0.39 is 59.9 Å². The molecule has 1 atom stereocenters. The molecule has 0 saturated heterocycles. The van der Waals surface area contributed by atoms with Gasteiger partial charge in [0.2, 0.25) is 23.3 Å². The van der Waals surface area contributed by atoms with Gasteiger partial charge in [-0.1, -0.05) is 6.92 Å². The van der Waals surface area contributed by atoms with E-state index in [2.05, 4.69) is 10.1 Å². The lowest BCUT2D eigenvalue weighted by Crippen LogP contribution is -2.37. The number of ether oxygens (including phenoxy) is 3. The third-order valence-electron chi connectivity index (χ3n) is 3.48. The number of benzene rings is 1. The molecule has 0 aliphatic heterocycles. The summed E-state index contributed by atoms with van der Waals surface area (Å²) in [6.07, 6.45) is -1.09. The molecule has 162 valence electrons. The number of carbonyl (C=O) groups is 3. The molecule has 0 aliphatic carbocycles. The lowest BCUT2D eigenvalue weighted by atomic mass is 10.2. The summed E-state index contributed by atoms with van der Waals surface area (Å²) in [4.78, 5) is 34.9. The average molecular weight is 423 g/mol. The smallest absolute Gasteiger partial charge is 0.311 e. The molecule has 0 bridgehead atoms. The quantitative estimate of drug-likeness (QED) is 0.254. The SMILES string of the molecule is CCCC(=O)NCC(COC)OC(=O)CCC(=O)Oc1c(F)c(F)cc(F)c1F. The van der Waals surface area contributed by atoms with Gasteiger partial charge in [0.25, 0.3) is 0 Å². The molecule has 0 aliphatic rings. The number of methoxy groups -OCH3 is 1. The molecule has 0 fully saturated rings. The lowest BCUT2D eigenvalue weighted by Gasteiger charge is -2.17. The van der Waals surface area contributed by atoms with Crippen LogP contribution in [0.25, 0.3) is 0 Å². The van der Waals surface area contributed by atoms with E-state index in [1.54, 1.807) is 0 Å². The highest BCUT2D eigenvalue weighted by Crippen LogP contribution is 2.26. The number of rotatable bonds is 11. The summed E-state index contributed by atoms with van der Waals surface area (Å²) in [6, 6.07) is -0.0331. The monoisotopic (exact) mass is 423 g/mol. The molecular weight excluding hydrogens is 402 g/mol. The molecule has 0 spiro atoms. The first-order valence-electron chi connectivity index (χ1n) is 8.68. The standard InChI is InChI=1S/C18H21F4NO6/c1-3-4-13(24)23-8-10(9-27-2)28-14(25)5-6-15(26)29-18-16(21)11(19)7-12(20)17(18)22/h7,10H,3-6,8-9H2,1-2H3,(H,23,24). The molecule has 0 saturated carbocycles. The Bertz CT molecular complexity index is 717. The number of hydrogen-bond donors (Lipinski definition) is 1. The summed E-state index contributed by atoms with van der Waals surface area (Å²) in [7, 11) is 1.35. The van der Waals surface area contributed by atoms with Crippen LogP contribution in [0.2, 0.25) is 0 Å². The maximum atomic E-state index is 13.5. The van der Waals surface area contributed by atoms with Crippen molar-refractivity contribution >= 4 is 17.8 Å². The van der Waals surface area contributed by atoms with Crippen LogP contribution in [0.1, 0.15) is 32.6 Å². The van der Waals surface area contributed by atoms with Crippen LogP contribution >= 0.6 is 0 Å². The fraction of sp³-hybridized carbons (Fsp3) is 0.500. The second-order valence-corrected chi connectivity index (χ2v) is 5.89. The zero-order valence-electron chi connectivity index (χ0n) is 15.9. The van der Waals surface area contributed by atoms with Crippen molar-refractivity contribution in [3.63, 3.8) is 0 Å². The van der Waals surface area contributed by atoms with Crippen molar-refractivity contribution in [2.75, 3.05) is 20.3 Å². The van der Waals surface area contributed by atoms with Crippen LogP contribution in [-0.2, 0) is 23.9 Å². The highest BCUT2D eigenvalue weighted by molar-refractivity contribution is 5.79. The van der Waals surface area contributed by atoms with Gasteiger partial charge in [0.05, 0.1) is 26.0 Å². The Kier molecular flexibility index (Phi) is 10.1. The van der Waals surface area contributed by atoms with Crippen LogP contribution in [0.5, 0.6) is 5.75 Å². The zero-order valence-corrected chi connectivity index (χ0v) is 15.9. The maximum Gasteiger partial charge on any atom is 0.311 e. The van der Waals surface area contributed by atoms with E-state index in [9.17, 15) is 31.9 Å². The summed E-state index contributed by atoms with van der Waals surface area (Å²) in [5.74, 6) is -11.2. The third-order valence-corrected chi connectivity index (χ3v) is 3.48. The summed E-state index contributed by atoms with van der Waals surface area (Å²) < 4.78 is 67.3. The van der Waals surface area contributed by atoms with Crippen LogP contribution in [0, 0.1) is 23.3 Å². The van der Waals surface area contributed by atoms with Crippen LogP contribution in [0.4, 0.5) is 17.6 Å². The van der Waals surface area contributed by atoms with Crippen molar-refractivity contribution in [3.05, 3.63) is 29.3 Å². The Labute approximate surface area is 164 Å². The van der Waals surface area contributed by atoms with E-state index in [1.807, 2.05) is 6.92 Å². The first-order valence-corrected chi connectivity index (χ1v) is 8.68. The van der Waals surface area contributed by atoms with Gasteiger partial charge in [-0.05, 0) is 6.42 Å². The number of halogens is 4. The Balaban J connectivity index is 2.56. The summed E-state index contributed by atoms with van der Waals surface area (Å²) in [6.45, 7) is 1.78. The first-order chi connectivity index (χ1) is 13.7. The number of amides is 1. The third kappa shape index (κ3) is 8.06. The maximum absolute atomic E-state index is 13.5. The molecule has 0 radical (unpaired) electrons. The van der Waals surface area contributed by atoms with E-state index in [4.69, 9.17) is 9.47 Å². The molecule has 1 unspecified atom stereocenters. The van der Waals surface area contributed by atoms with E-state index in [0.29, 0.717) is 12.8 Å². The fourth-order valence-electron chi connectivity index (χ4n) is 2.12. The first kappa shape index (κ1) is 24.3. The van der Waals surface area contributed by atoms with Gasteiger partial charge in [-0.15, -0.1) is 0 Å². The number of esters is 2. The van der Waals surface area contributed by atoms with E-state index in [-0.39, 0.29) is 25.1 Å². The topological polar surface area (TPSA) is 90.9 Å². The number of nitrogens with one attached hydrogen (secondary N) is 1. The lowest BCUT2D eigenvalue weighted by molar-refractivity contribution is -0.154. The van der Waals surface area contributed by atoms with Gasteiger partial charge < -0.3 is 19.5 Å². The molecule has 1 N–H and O–H groups in total. The molecule has 0 aromatic heterocycles. The van der Waals surface area contributed by atoms with Crippen molar-refractivity contribution in [1.82, 2.24) is 5.32 Å². The van der Waals surface area contributed by atoms with Gasteiger partial charge in [-0.2, -0.15) is 8.78 Å². The Morgan fingerprint density at radius 2 is 1.59 bits per heavy atom.